The van der Waals surface area contributed by atoms with Crippen LogP contribution in [0.4, 0.5) is 11.4 Å². The van der Waals surface area contributed by atoms with Crippen molar-refractivity contribution in [3.8, 4) is 0 Å². The van der Waals surface area contributed by atoms with Crippen LogP contribution in [0.25, 0.3) is 0 Å². The SMILES string of the molecule is COC(OC)C1(C)Nc2ccccc2C(=O)N1c1c(C)cccc1C. The number of anilines is 2. The number of fused-ring (bicyclic) bond motifs is 1. The van der Waals surface area contributed by atoms with E-state index in [1.54, 1.807) is 19.1 Å². The van der Waals surface area contributed by atoms with Crippen molar-refractivity contribution in [3.63, 3.8) is 0 Å². The third kappa shape index (κ3) is 2.69. The summed E-state index contributed by atoms with van der Waals surface area (Å²) < 4.78 is 11.1. The Balaban J connectivity index is 2.26. The lowest BCUT2D eigenvalue weighted by Gasteiger charge is -2.49. The number of carbonyl (C=O) groups excluding carboxylic acids is 1. The minimum Gasteiger partial charge on any atom is -0.358 e. The summed E-state index contributed by atoms with van der Waals surface area (Å²) in [7, 11) is 3.16. The number of benzene rings is 2. The van der Waals surface area contributed by atoms with E-state index in [0.717, 1.165) is 22.5 Å². The van der Waals surface area contributed by atoms with Gasteiger partial charge in [0.15, 0.2) is 12.0 Å². The van der Waals surface area contributed by atoms with Gasteiger partial charge >= 0.3 is 0 Å². The number of methoxy groups -OCH3 is 2. The molecule has 2 aromatic carbocycles. The number of nitrogens with one attached hydrogen (secondary N) is 1. The van der Waals surface area contributed by atoms with Crippen LogP contribution >= 0.6 is 0 Å². The lowest BCUT2D eigenvalue weighted by Crippen LogP contribution is -2.66. The molecule has 1 aliphatic heterocycles. The zero-order chi connectivity index (χ0) is 18.2. The molecule has 0 fully saturated rings. The predicted molar refractivity (Wildman–Crippen MR) is 99.0 cm³/mol. The molecule has 0 spiro atoms. The molecule has 5 heteroatoms. The topological polar surface area (TPSA) is 50.8 Å². The number of carbonyl (C=O) groups is 1. The zero-order valence-electron chi connectivity index (χ0n) is 15.3. The van der Waals surface area contributed by atoms with Crippen molar-refractivity contribution >= 4 is 17.3 Å². The van der Waals surface area contributed by atoms with E-state index < -0.39 is 12.0 Å². The van der Waals surface area contributed by atoms with Gasteiger partial charge in [0.2, 0.25) is 0 Å². The first-order valence-electron chi connectivity index (χ1n) is 8.27. The van der Waals surface area contributed by atoms with E-state index in [1.165, 1.54) is 0 Å². The summed E-state index contributed by atoms with van der Waals surface area (Å²) in [6.45, 7) is 5.93. The number of amides is 1. The molecule has 0 aliphatic carbocycles. The lowest BCUT2D eigenvalue weighted by molar-refractivity contribution is -0.135. The Bertz CT molecular complexity index is 781. The molecule has 1 unspecified atom stereocenters. The van der Waals surface area contributed by atoms with E-state index in [-0.39, 0.29) is 5.91 Å². The number of nitrogens with zero attached hydrogens (tertiary/aromatic N) is 1. The van der Waals surface area contributed by atoms with Crippen molar-refractivity contribution in [2.45, 2.75) is 32.7 Å². The molecular weight excluding hydrogens is 316 g/mol. The number of ether oxygens (including phenoxy) is 2. The molecule has 1 N–H and O–H groups in total. The van der Waals surface area contributed by atoms with Gasteiger partial charge in [0, 0.05) is 19.9 Å². The summed E-state index contributed by atoms with van der Waals surface area (Å²) in [5.41, 5.74) is 3.42. The molecule has 25 heavy (non-hydrogen) atoms. The van der Waals surface area contributed by atoms with Gasteiger partial charge in [-0.1, -0.05) is 30.3 Å². The standard InChI is InChI=1S/C20H24N2O3/c1-13-9-8-10-14(2)17(13)22-18(23)15-11-6-7-12-16(15)21-20(22,3)19(24-4)25-5/h6-12,19,21H,1-5H3. The quantitative estimate of drug-likeness (QED) is 0.862. The van der Waals surface area contributed by atoms with Crippen LogP contribution in [0.5, 0.6) is 0 Å². The largest absolute Gasteiger partial charge is 0.358 e. The number of hydrogen-bond donors (Lipinski definition) is 1. The highest BCUT2D eigenvalue weighted by Gasteiger charge is 2.49. The van der Waals surface area contributed by atoms with Crippen molar-refractivity contribution < 1.29 is 14.3 Å². The highest BCUT2D eigenvalue weighted by Crippen LogP contribution is 2.40. The van der Waals surface area contributed by atoms with Crippen LogP contribution in [0.15, 0.2) is 42.5 Å². The van der Waals surface area contributed by atoms with E-state index in [9.17, 15) is 4.79 Å². The summed E-state index contributed by atoms with van der Waals surface area (Å²) in [4.78, 5) is 15.2. The second kappa shape index (κ2) is 6.50. The molecule has 2 aromatic rings. The molecular formula is C20H24N2O3. The molecule has 1 aliphatic rings. The average Bonchev–Trinajstić information content (AvgIpc) is 2.58. The van der Waals surface area contributed by atoms with Crippen LogP contribution in [0.2, 0.25) is 0 Å². The first-order chi connectivity index (χ1) is 11.9. The van der Waals surface area contributed by atoms with Gasteiger partial charge in [-0.05, 0) is 44.0 Å². The minimum atomic E-state index is -0.897. The number of hydrogen-bond acceptors (Lipinski definition) is 4. The Kier molecular flexibility index (Phi) is 4.54. The average molecular weight is 340 g/mol. The Morgan fingerprint density at radius 2 is 1.60 bits per heavy atom. The zero-order valence-corrected chi connectivity index (χ0v) is 15.3. The van der Waals surface area contributed by atoms with Crippen molar-refractivity contribution in [1.82, 2.24) is 0 Å². The summed E-state index contributed by atoms with van der Waals surface area (Å²) >= 11 is 0. The fourth-order valence-corrected chi connectivity index (χ4v) is 3.65. The summed E-state index contributed by atoms with van der Waals surface area (Å²) in [6, 6.07) is 13.5. The fraction of sp³-hybridized carbons (Fsp3) is 0.350. The highest BCUT2D eigenvalue weighted by atomic mass is 16.7. The molecule has 0 bridgehead atoms. The van der Waals surface area contributed by atoms with Gasteiger partial charge in [0.25, 0.3) is 5.91 Å². The van der Waals surface area contributed by atoms with Crippen LogP contribution in [-0.4, -0.2) is 32.1 Å². The number of para-hydroxylation sites is 2. The van der Waals surface area contributed by atoms with E-state index in [1.807, 2.05) is 63.2 Å². The Labute approximate surface area is 148 Å². The molecule has 5 nitrogen and oxygen atoms in total. The smallest absolute Gasteiger partial charge is 0.262 e. The Morgan fingerprint density at radius 3 is 2.20 bits per heavy atom. The second-order valence-corrected chi connectivity index (χ2v) is 6.50. The number of aryl methyl sites for hydroxylation is 2. The third-order valence-electron chi connectivity index (χ3n) is 4.76. The molecule has 0 saturated heterocycles. The van der Waals surface area contributed by atoms with Crippen molar-refractivity contribution in [1.29, 1.82) is 0 Å². The molecule has 1 amide bonds. The van der Waals surface area contributed by atoms with Gasteiger partial charge < -0.3 is 14.8 Å². The van der Waals surface area contributed by atoms with Gasteiger partial charge in [0.1, 0.15) is 0 Å². The molecule has 1 heterocycles. The second-order valence-electron chi connectivity index (χ2n) is 6.50. The van der Waals surface area contributed by atoms with Crippen LogP contribution < -0.4 is 10.2 Å². The van der Waals surface area contributed by atoms with Gasteiger partial charge in [-0.2, -0.15) is 0 Å². The maximum absolute atomic E-state index is 13.4. The van der Waals surface area contributed by atoms with Crippen molar-refractivity contribution in [3.05, 3.63) is 59.2 Å². The molecule has 0 aromatic heterocycles. The van der Waals surface area contributed by atoms with Crippen LogP contribution in [0.1, 0.15) is 28.4 Å². The van der Waals surface area contributed by atoms with Gasteiger partial charge in [-0.15, -0.1) is 0 Å². The third-order valence-corrected chi connectivity index (χ3v) is 4.76. The normalized spacial score (nSPS) is 19.8. The van der Waals surface area contributed by atoms with E-state index >= 15 is 0 Å². The van der Waals surface area contributed by atoms with E-state index in [4.69, 9.17) is 9.47 Å². The van der Waals surface area contributed by atoms with Crippen molar-refractivity contribution in [2.24, 2.45) is 0 Å². The minimum absolute atomic E-state index is 0.0756. The Hall–Kier alpha value is -2.37. The predicted octanol–water partition coefficient (Wildman–Crippen LogP) is 3.71. The van der Waals surface area contributed by atoms with Crippen LogP contribution in [0, 0.1) is 13.8 Å². The summed E-state index contributed by atoms with van der Waals surface area (Å²) in [6.07, 6.45) is -0.649. The summed E-state index contributed by atoms with van der Waals surface area (Å²) in [5, 5.41) is 3.46. The maximum Gasteiger partial charge on any atom is 0.262 e. The molecule has 0 saturated carbocycles. The molecule has 1 atom stereocenters. The monoisotopic (exact) mass is 340 g/mol. The summed E-state index contributed by atoms with van der Waals surface area (Å²) in [5.74, 6) is -0.0756. The van der Waals surface area contributed by atoms with Crippen molar-refractivity contribution in [2.75, 3.05) is 24.4 Å². The Morgan fingerprint density at radius 1 is 1.00 bits per heavy atom. The maximum atomic E-state index is 13.4. The van der Waals surface area contributed by atoms with E-state index in [0.29, 0.717) is 5.56 Å². The molecule has 3 rings (SSSR count). The van der Waals surface area contributed by atoms with Gasteiger partial charge in [-0.25, -0.2) is 0 Å². The fourth-order valence-electron chi connectivity index (χ4n) is 3.65. The molecule has 0 radical (unpaired) electrons. The first kappa shape index (κ1) is 17.5. The highest BCUT2D eigenvalue weighted by molar-refractivity contribution is 6.13. The first-order valence-corrected chi connectivity index (χ1v) is 8.27. The van der Waals surface area contributed by atoms with Crippen LogP contribution in [-0.2, 0) is 9.47 Å². The van der Waals surface area contributed by atoms with Crippen LogP contribution in [0.3, 0.4) is 0 Å². The lowest BCUT2D eigenvalue weighted by atomic mass is 9.96. The van der Waals surface area contributed by atoms with E-state index in [2.05, 4.69) is 5.32 Å². The molecule has 132 valence electrons. The number of rotatable bonds is 4. The van der Waals surface area contributed by atoms with Gasteiger partial charge in [-0.3, -0.25) is 9.69 Å². The van der Waals surface area contributed by atoms with Gasteiger partial charge in [0.05, 0.1) is 11.3 Å².